The second-order valence-corrected chi connectivity index (χ2v) is 5.65. The van der Waals surface area contributed by atoms with Crippen LogP contribution in [0.4, 0.5) is 0 Å². The van der Waals surface area contributed by atoms with E-state index in [1.165, 1.54) is 10.4 Å². The van der Waals surface area contributed by atoms with Crippen molar-refractivity contribution in [3.63, 3.8) is 0 Å². The van der Waals surface area contributed by atoms with E-state index in [0.29, 0.717) is 10.6 Å². The zero-order valence-corrected chi connectivity index (χ0v) is 11.2. The normalized spacial score (nSPS) is 11.0. The predicted molar refractivity (Wildman–Crippen MR) is 71.6 cm³/mol. The smallest absolute Gasteiger partial charge is 0.130 e. The first-order valence-corrected chi connectivity index (χ1v) is 6.52. The third-order valence-electron chi connectivity index (χ3n) is 2.35. The molecule has 2 heterocycles. The van der Waals surface area contributed by atoms with E-state index < -0.39 is 0 Å². The molecule has 2 nitrogen and oxygen atoms in total. The number of H-pyrrole nitrogens is 1. The van der Waals surface area contributed by atoms with Gasteiger partial charge in [-0.15, -0.1) is 11.3 Å². The molecule has 16 heavy (non-hydrogen) atoms. The first-order chi connectivity index (χ1) is 7.56. The first kappa shape index (κ1) is 11.5. The summed E-state index contributed by atoms with van der Waals surface area (Å²) in [6, 6.07) is 4.08. The highest BCUT2D eigenvalue weighted by Crippen LogP contribution is 2.24. The topological polar surface area (TPSA) is 28.7 Å². The fourth-order valence-electron chi connectivity index (χ4n) is 1.49. The maximum Gasteiger partial charge on any atom is 0.130 e. The number of nitrogens with zero attached hydrogens (tertiary/aromatic N) is 1. The third kappa shape index (κ3) is 2.39. The number of thiophene rings is 1. The van der Waals surface area contributed by atoms with Gasteiger partial charge in [-0.3, -0.25) is 0 Å². The van der Waals surface area contributed by atoms with Gasteiger partial charge in [0.25, 0.3) is 0 Å². The molecular weight excluding hydrogens is 236 g/mol. The maximum atomic E-state index is 5.19. The number of rotatable bonds is 2. The first-order valence-electron chi connectivity index (χ1n) is 5.23. The fraction of sp³-hybridized carbons (Fsp3) is 0.333. The average Bonchev–Trinajstić information content (AvgIpc) is 2.64. The van der Waals surface area contributed by atoms with Gasteiger partial charge in [-0.05, 0) is 19.1 Å². The Kier molecular flexibility index (Phi) is 3.21. The van der Waals surface area contributed by atoms with E-state index in [0.717, 1.165) is 11.5 Å². The van der Waals surface area contributed by atoms with Crippen LogP contribution in [0.5, 0.6) is 0 Å². The molecule has 1 N–H and O–H groups in total. The minimum atomic E-state index is 0.362. The zero-order valence-electron chi connectivity index (χ0n) is 9.57. The Morgan fingerprint density at radius 1 is 1.38 bits per heavy atom. The molecule has 2 aromatic heterocycles. The summed E-state index contributed by atoms with van der Waals surface area (Å²) < 4.78 is 0.654. The lowest BCUT2D eigenvalue weighted by Crippen LogP contribution is -1.98. The monoisotopic (exact) mass is 250 g/mol. The van der Waals surface area contributed by atoms with Crippen molar-refractivity contribution in [2.45, 2.75) is 26.7 Å². The summed E-state index contributed by atoms with van der Waals surface area (Å²) in [6.07, 6.45) is 0. The Hall–Kier alpha value is -1.00. The van der Waals surface area contributed by atoms with E-state index in [9.17, 15) is 0 Å². The molecule has 2 aromatic rings. The fourth-order valence-corrected chi connectivity index (χ4v) is 2.41. The summed E-state index contributed by atoms with van der Waals surface area (Å²) in [7, 11) is 0. The van der Waals surface area contributed by atoms with Crippen LogP contribution in [0.15, 0.2) is 17.5 Å². The van der Waals surface area contributed by atoms with Crippen LogP contribution in [0.3, 0.4) is 0 Å². The summed E-state index contributed by atoms with van der Waals surface area (Å²) in [5.74, 6) is 1.31. The predicted octanol–water partition coefficient (Wildman–Crippen LogP) is 4.30. The number of nitrogens with one attached hydrogen (secondary N) is 1. The second kappa shape index (κ2) is 4.47. The molecular formula is C12H14N2S2. The van der Waals surface area contributed by atoms with Crippen LogP contribution in [0.1, 0.15) is 30.5 Å². The molecule has 84 valence electrons. The molecule has 0 unspecified atom stereocenters. The Bertz CT molecular complexity index is 552. The lowest BCUT2D eigenvalue weighted by molar-refractivity contribution is 0.773. The van der Waals surface area contributed by atoms with Gasteiger partial charge in [0, 0.05) is 21.7 Å². The van der Waals surface area contributed by atoms with E-state index >= 15 is 0 Å². The Morgan fingerprint density at radius 2 is 2.12 bits per heavy atom. The molecule has 0 aliphatic rings. The van der Waals surface area contributed by atoms with Crippen molar-refractivity contribution >= 4 is 23.6 Å². The Morgan fingerprint density at radius 3 is 2.69 bits per heavy atom. The average molecular weight is 250 g/mol. The van der Waals surface area contributed by atoms with Crippen molar-refractivity contribution in [3.05, 3.63) is 32.9 Å². The van der Waals surface area contributed by atoms with Gasteiger partial charge < -0.3 is 4.98 Å². The van der Waals surface area contributed by atoms with Gasteiger partial charge in [0.15, 0.2) is 0 Å². The van der Waals surface area contributed by atoms with Crippen LogP contribution in [-0.4, -0.2) is 9.97 Å². The van der Waals surface area contributed by atoms with Gasteiger partial charge >= 0.3 is 0 Å². The van der Waals surface area contributed by atoms with Crippen LogP contribution < -0.4 is 0 Å². The molecule has 0 saturated heterocycles. The van der Waals surface area contributed by atoms with Gasteiger partial charge in [-0.2, -0.15) is 0 Å². The molecule has 0 bridgehead atoms. The summed E-state index contributed by atoms with van der Waals surface area (Å²) in [6.45, 7) is 6.32. The van der Waals surface area contributed by atoms with Crippen LogP contribution in [0.2, 0.25) is 0 Å². The Balaban J connectivity index is 2.53. The highest BCUT2D eigenvalue weighted by molar-refractivity contribution is 7.71. The van der Waals surface area contributed by atoms with Gasteiger partial charge in [-0.25, -0.2) is 4.98 Å². The highest BCUT2D eigenvalue weighted by atomic mass is 32.1. The van der Waals surface area contributed by atoms with Crippen molar-refractivity contribution in [3.8, 4) is 11.3 Å². The van der Waals surface area contributed by atoms with Crippen molar-refractivity contribution in [2.75, 3.05) is 0 Å². The molecule has 0 aliphatic carbocycles. The Labute approximate surface area is 104 Å². The van der Waals surface area contributed by atoms with Crippen molar-refractivity contribution in [1.29, 1.82) is 0 Å². The lowest BCUT2D eigenvalue weighted by Gasteiger charge is -2.07. The van der Waals surface area contributed by atoms with Gasteiger partial charge in [0.05, 0.1) is 5.69 Å². The lowest BCUT2D eigenvalue weighted by atomic mass is 10.2. The molecule has 0 saturated carbocycles. The SMILES string of the molecule is Cc1cc(-c2cc(=S)nc(C(C)C)[nH]2)cs1. The maximum absolute atomic E-state index is 5.19. The van der Waals surface area contributed by atoms with E-state index in [1.807, 2.05) is 6.07 Å². The van der Waals surface area contributed by atoms with E-state index in [2.05, 4.69) is 42.2 Å². The number of aromatic nitrogens is 2. The third-order valence-corrected chi connectivity index (χ3v) is 3.42. The molecule has 0 aromatic carbocycles. The van der Waals surface area contributed by atoms with Gasteiger partial charge in [0.1, 0.15) is 10.5 Å². The van der Waals surface area contributed by atoms with Crippen LogP contribution in [0.25, 0.3) is 11.3 Å². The number of hydrogen-bond donors (Lipinski definition) is 1. The molecule has 0 amide bonds. The molecule has 0 radical (unpaired) electrons. The highest BCUT2D eigenvalue weighted by Gasteiger charge is 2.06. The van der Waals surface area contributed by atoms with Crippen molar-refractivity contribution < 1.29 is 0 Å². The summed E-state index contributed by atoms with van der Waals surface area (Å²) >= 11 is 6.93. The molecule has 0 atom stereocenters. The standard InChI is InChI=1S/C12H14N2S2/c1-7(2)12-13-10(5-11(15)14-12)9-4-8(3)16-6-9/h4-7H,1-3H3,(H,13,14,15). The molecule has 2 rings (SSSR count). The minimum absolute atomic E-state index is 0.362. The molecule has 0 aliphatic heterocycles. The van der Waals surface area contributed by atoms with E-state index in [-0.39, 0.29) is 0 Å². The van der Waals surface area contributed by atoms with Crippen LogP contribution in [0, 0.1) is 11.6 Å². The number of hydrogen-bond acceptors (Lipinski definition) is 3. The van der Waals surface area contributed by atoms with E-state index in [4.69, 9.17) is 12.2 Å². The molecule has 0 spiro atoms. The quantitative estimate of drug-likeness (QED) is 0.805. The van der Waals surface area contributed by atoms with Crippen LogP contribution >= 0.6 is 23.6 Å². The number of aryl methyl sites for hydroxylation is 1. The summed E-state index contributed by atoms with van der Waals surface area (Å²) in [5.41, 5.74) is 2.26. The minimum Gasteiger partial charge on any atom is -0.343 e. The van der Waals surface area contributed by atoms with E-state index in [1.54, 1.807) is 11.3 Å². The van der Waals surface area contributed by atoms with Crippen LogP contribution in [-0.2, 0) is 0 Å². The van der Waals surface area contributed by atoms with Crippen molar-refractivity contribution in [1.82, 2.24) is 9.97 Å². The van der Waals surface area contributed by atoms with Gasteiger partial charge in [-0.1, -0.05) is 26.1 Å². The van der Waals surface area contributed by atoms with Gasteiger partial charge in [0.2, 0.25) is 0 Å². The zero-order chi connectivity index (χ0) is 11.7. The summed E-state index contributed by atoms with van der Waals surface area (Å²) in [5, 5.41) is 2.14. The largest absolute Gasteiger partial charge is 0.343 e. The number of aromatic amines is 1. The molecule has 4 heteroatoms. The summed E-state index contributed by atoms with van der Waals surface area (Å²) in [4.78, 5) is 8.97. The second-order valence-electron chi connectivity index (χ2n) is 4.12. The van der Waals surface area contributed by atoms with Crippen molar-refractivity contribution in [2.24, 2.45) is 0 Å². The molecule has 0 fully saturated rings.